The molecule has 108 valence electrons. The molecule has 3 aliphatic carbocycles. The van der Waals surface area contributed by atoms with Crippen molar-refractivity contribution in [3.63, 3.8) is 0 Å². The fraction of sp³-hybridized carbons (Fsp3) is 0.684. The van der Waals surface area contributed by atoms with Gasteiger partial charge < -0.3 is 5.32 Å². The summed E-state index contributed by atoms with van der Waals surface area (Å²) in [6.07, 6.45) is 8.16. The summed E-state index contributed by atoms with van der Waals surface area (Å²) in [7, 11) is 0. The summed E-state index contributed by atoms with van der Waals surface area (Å²) < 4.78 is 0. The van der Waals surface area contributed by atoms with Gasteiger partial charge in [0.15, 0.2) is 0 Å². The number of aryl methyl sites for hydroxylation is 2. The van der Waals surface area contributed by atoms with E-state index in [4.69, 9.17) is 0 Å². The minimum absolute atomic E-state index is 0.437. The molecule has 1 aromatic carbocycles. The second-order valence-electron chi connectivity index (χ2n) is 8.33. The standard InChI is InChI=1S/C19H27N/c1-18(2)15-9-10-19(3,12-15)17(18)20-16-8-7-13-5-4-6-14(13)11-16/h7-8,11,15,17,20H,4-6,9-10,12H2,1-3H3. The highest BCUT2D eigenvalue weighted by molar-refractivity contribution is 5.51. The molecule has 0 aliphatic heterocycles. The van der Waals surface area contributed by atoms with Crippen LogP contribution >= 0.6 is 0 Å². The molecule has 1 heteroatoms. The quantitative estimate of drug-likeness (QED) is 0.813. The summed E-state index contributed by atoms with van der Waals surface area (Å²) in [5.41, 5.74) is 5.46. The lowest BCUT2D eigenvalue weighted by Gasteiger charge is -2.43. The van der Waals surface area contributed by atoms with E-state index in [-0.39, 0.29) is 0 Å². The van der Waals surface area contributed by atoms with Crippen LogP contribution in [-0.2, 0) is 12.8 Å². The predicted octanol–water partition coefficient (Wildman–Crippen LogP) is 4.80. The third-order valence-electron chi connectivity index (χ3n) is 6.68. The second-order valence-corrected chi connectivity index (χ2v) is 8.33. The van der Waals surface area contributed by atoms with Crippen LogP contribution in [0, 0.1) is 16.7 Å². The van der Waals surface area contributed by atoms with Crippen LogP contribution in [0.4, 0.5) is 5.69 Å². The van der Waals surface area contributed by atoms with E-state index >= 15 is 0 Å². The van der Waals surface area contributed by atoms with E-state index in [9.17, 15) is 0 Å². The smallest absolute Gasteiger partial charge is 0.0368 e. The molecule has 0 amide bonds. The summed E-state index contributed by atoms with van der Waals surface area (Å²) in [5.74, 6) is 0.916. The van der Waals surface area contributed by atoms with Crippen LogP contribution in [-0.4, -0.2) is 6.04 Å². The van der Waals surface area contributed by atoms with Crippen LogP contribution < -0.4 is 5.32 Å². The molecule has 3 atom stereocenters. The average molecular weight is 269 g/mol. The average Bonchev–Trinajstić information content (AvgIpc) is 3.05. The molecular formula is C19H27N. The predicted molar refractivity (Wildman–Crippen MR) is 85.1 cm³/mol. The maximum Gasteiger partial charge on any atom is 0.0368 e. The minimum Gasteiger partial charge on any atom is -0.381 e. The van der Waals surface area contributed by atoms with Crippen molar-refractivity contribution in [2.45, 2.75) is 65.3 Å². The Hall–Kier alpha value is -0.980. The first kappa shape index (κ1) is 12.7. The van der Waals surface area contributed by atoms with E-state index in [1.807, 2.05) is 0 Å². The topological polar surface area (TPSA) is 12.0 Å². The Morgan fingerprint density at radius 1 is 1.10 bits per heavy atom. The number of rotatable bonds is 2. The summed E-state index contributed by atoms with van der Waals surface area (Å²) in [4.78, 5) is 0. The van der Waals surface area contributed by atoms with Gasteiger partial charge in [-0.25, -0.2) is 0 Å². The zero-order valence-electron chi connectivity index (χ0n) is 13.1. The first-order valence-corrected chi connectivity index (χ1v) is 8.37. The molecule has 1 aromatic rings. The van der Waals surface area contributed by atoms with Crippen LogP contribution in [0.15, 0.2) is 18.2 Å². The number of hydrogen-bond donors (Lipinski definition) is 1. The molecule has 1 N–H and O–H groups in total. The van der Waals surface area contributed by atoms with Gasteiger partial charge >= 0.3 is 0 Å². The zero-order chi connectivity index (χ0) is 14.0. The van der Waals surface area contributed by atoms with Gasteiger partial charge in [-0.1, -0.05) is 26.8 Å². The fourth-order valence-electron chi connectivity index (χ4n) is 5.49. The van der Waals surface area contributed by atoms with Crippen LogP contribution in [0.5, 0.6) is 0 Å². The monoisotopic (exact) mass is 269 g/mol. The first-order valence-electron chi connectivity index (χ1n) is 8.37. The van der Waals surface area contributed by atoms with Gasteiger partial charge in [0, 0.05) is 11.7 Å². The van der Waals surface area contributed by atoms with Crippen LogP contribution in [0.1, 0.15) is 57.6 Å². The maximum atomic E-state index is 3.93. The van der Waals surface area contributed by atoms with Gasteiger partial charge in [-0.3, -0.25) is 0 Å². The van der Waals surface area contributed by atoms with Crippen molar-refractivity contribution in [3.8, 4) is 0 Å². The Morgan fingerprint density at radius 3 is 2.65 bits per heavy atom. The van der Waals surface area contributed by atoms with Gasteiger partial charge in [0.2, 0.25) is 0 Å². The molecule has 0 aromatic heterocycles. The Balaban J connectivity index is 1.62. The normalized spacial score (nSPS) is 37.1. The van der Waals surface area contributed by atoms with E-state index in [1.54, 1.807) is 11.1 Å². The van der Waals surface area contributed by atoms with Crippen LogP contribution in [0.3, 0.4) is 0 Å². The van der Waals surface area contributed by atoms with E-state index < -0.39 is 0 Å². The van der Waals surface area contributed by atoms with Crippen molar-refractivity contribution < 1.29 is 0 Å². The van der Waals surface area contributed by atoms with E-state index in [2.05, 4.69) is 44.3 Å². The molecule has 0 radical (unpaired) electrons. The SMILES string of the molecule is CC12CCC(C1)C(C)(C)C2Nc1ccc2c(c1)CCC2. The summed E-state index contributed by atoms with van der Waals surface area (Å²) in [5, 5.41) is 3.93. The van der Waals surface area contributed by atoms with Crippen LogP contribution in [0.25, 0.3) is 0 Å². The number of anilines is 1. The summed E-state index contributed by atoms with van der Waals surface area (Å²) in [6, 6.07) is 7.73. The molecule has 2 saturated carbocycles. The molecule has 2 fully saturated rings. The Kier molecular flexibility index (Phi) is 2.56. The van der Waals surface area contributed by atoms with Crippen molar-refractivity contribution >= 4 is 5.69 Å². The van der Waals surface area contributed by atoms with Crippen molar-refractivity contribution in [2.75, 3.05) is 5.32 Å². The lowest BCUT2D eigenvalue weighted by atomic mass is 9.68. The van der Waals surface area contributed by atoms with Crippen molar-refractivity contribution in [3.05, 3.63) is 29.3 Å². The Bertz CT molecular complexity index is 540. The van der Waals surface area contributed by atoms with Gasteiger partial charge in [0.25, 0.3) is 0 Å². The molecule has 0 saturated heterocycles. The van der Waals surface area contributed by atoms with Gasteiger partial charge in [0.1, 0.15) is 0 Å². The van der Waals surface area contributed by atoms with Gasteiger partial charge in [-0.15, -0.1) is 0 Å². The third kappa shape index (κ3) is 1.68. The highest BCUT2D eigenvalue weighted by Crippen LogP contribution is 2.63. The molecule has 3 aliphatic rings. The van der Waals surface area contributed by atoms with Crippen molar-refractivity contribution in [1.82, 2.24) is 0 Å². The highest BCUT2D eigenvalue weighted by Gasteiger charge is 2.59. The lowest BCUT2D eigenvalue weighted by molar-refractivity contribution is 0.155. The molecule has 3 unspecified atom stereocenters. The largest absolute Gasteiger partial charge is 0.381 e. The number of fused-ring (bicyclic) bond motifs is 3. The Morgan fingerprint density at radius 2 is 1.90 bits per heavy atom. The van der Waals surface area contributed by atoms with E-state index in [0.29, 0.717) is 16.9 Å². The second kappa shape index (κ2) is 4.02. The number of nitrogens with one attached hydrogen (secondary N) is 1. The number of benzene rings is 1. The van der Waals surface area contributed by atoms with Crippen LogP contribution in [0.2, 0.25) is 0 Å². The van der Waals surface area contributed by atoms with E-state index in [1.165, 1.54) is 44.2 Å². The van der Waals surface area contributed by atoms with Crippen molar-refractivity contribution in [1.29, 1.82) is 0 Å². The molecule has 1 nitrogen and oxygen atoms in total. The molecule has 0 spiro atoms. The van der Waals surface area contributed by atoms with E-state index in [0.717, 1.165) is 5.92 Å². The summed E-state index contributed by atoms with van der Waals surface area (Å²) in [6.45, 7) is 7.47. The van der Waals surface area contributed by atoms with Gasteiger partial charge in [-0.2, -0.15) is 0 Å². The molecule has 20 heavy (non-hydrogen) atoms. The molecular weight excluding hydrogens is 242 g/mol. The molecule has 0 heterocycles. The third-order valence-corrected chi connectivity index (χ3v) is 6.68. The van der Waals surface area contributed by atoms with Gasteiger partial charge in [0.05, 0.1) is 0 Å². The van der Waals surface area contributed by atoms with Gasteiger partial charge in [-0.05, 0) is 78.5 Å². The fourth-order valence-corrected chi connectivity index (χ4v) is 5.49. The molecule has 4 rings (SSSR count). The maximum absolute atomic E-state index is 3.93. The highest BCUT2D eigenvalue weighted by atomic mass is 15.0. The first-order chi connectivity index (χ1) is 9.49. The molecule has 2 bridgehead atoms. The zero-order valence-corrected chi connectivity index (χ0v) is 13.1. The van der Waals surface area contributed by atoms with Crippen molar-refractivity contribution in [2.24, 2.45) is 16.7 Å². The Labute approximate surface area is 123 Å². The minimum atomic E-state index is 0.437. The number of hydrogen-bond acceptors (Lipinski definition) is 1. The summed E-state index contributed by atoms with van der Waals surface area (Å²) >= 11 is 0. The lowest BCUT2D eigenvalue weighted by Crippen LogP contribution is -2.45.